The molecular formula is C20H24FN3O2. The van der Waals surface area contributed by atoms with Crippen molar-refractivity contribution >= 4 is 11.6 Å². The maximum absolute atomic E-state index is 13.0. The summed E-state index contributed by atoms with van der Waals surface area (Å²) in [7, 11) is 0. The van der Waals surface area contributed by atoms with Crippen molar-refractivity contribution in [3.05, 3.63) is 65.8 Å². The standard InChI is InChI=1S/C20H24FN3O2/c1-13(15-4-6-18(21)7-5-15)3-8-19(22)14(2)23-20(25)24-9-16-11-26-12-17(16)10-24/h3-8,16-17H,2,9-12,22H2,1H3,(H,23,25)/b13-3+,19-8+. The van der Waals surface area contributed by atoms with Gasteiger partial charge in [0.25, 0.3) is 0 Å². The van der Waals surface area contributed by atoms with Gasteiger partial charge in [0.15, 0.2) is 0 Å². The van der Waals surface area contributed by atoms with E-state index in [1.165, 1.54) is 12.1 Å². The van der Waals surface area contributed by atoms with Crippen LogP contribution in [-0.4, -0.2) is 37.2 Å². The van der Waals surface area contributed by atoms with E-state index in [4.69, 9.17) is 10.5 Å². The number of likely N-dealkylation sites (tertiary alicyclic amines) is 1. The number of nitrogens with two attached hydrogens (primary N) is 1. The molecule has 0 aromatic heterocycles. The second-order valence-corrected chi connectivity index (χ2v) is 6.85. The Kier molecular flexibility index (Phi) is 5.42. The van der Waals surface area contributed by atoms with Crippen molar-refractivity contribution in [2.45, 2.75) is 6.92 Å². The molecule has 0 radical (unpaired) electrons. The zero-order valence-corrected chi connectivity index (χ0v) is 14.9. The van der Waals surface area contributed by atoms with Crippen molar-refractivity contribution in [1.29, 1.82) is 0 Å². The normalized spacial score (nSPS) is 23.1. The van der Waals surface area contributed by atoms with E-state index in [1.54, 1.807) is 23.1 Å². The lowest BCUT2D eigenvalue weighted by Crippen LogP contribution is -2.39. The number of rotatable bonds is 4. The topological polar surface area (TPSA) is 67.6 Å². The molecule has 1 aromatic rings. The molecule has 2 saturated heterocycles. The molecule has 3 rings (SSSR count). The summed E-state index contributed by atoms with van der Waals surface area (Å²) >= 11 is 0. The Bertz CT molecular complexity index is 743. The zero-order valence-electron chi connectivity index (χ0n) is 14.9. The molecule has 5 nitrogen and oxygen atoms in total. The van der Waals surface area contributed by atoms with Gasteiger partial charge in [-0.15, -0.1) is 0 Å². The Balaban J connectivity index is 1.56. The molecule has 2 heterocycles. The summed E-state index contributed by atoms with van der Waals surface area (Å²) in [5, 5.41) is 2.76. The highest BCUT2D eigenvalue weighted by atomic mass is 19.1. The predicted octanol–water partition coefficient (Wildman–Crippen LogP) is 2.87. The van der Waals surface area contributed by atoms with E-state index in [2.05, 4.69) is 11.9 Å². The fraction of sp³-hybridized carbons (Fsp3) is 0.350. The Labute approximate surface area is 153 Å². The molecule has 3 N–H and O–H groups in total. The minimum atomic E-state index is -0.273. The summed E-state index contributed by atoms with van der Waals surface area (Å²) in [6, 6.07) is 6.05. The largest absolute Gasteiger partial charge is 0.397 e. The fourth-order valence-corrected chi connectivity index (χ4v) is 3.26. The number of fused-ring (bicyclic) bond motifs is 1. The quantitative estimate of drug-likeness (QED) is 0.814. The summed E-state index contributed by atoms with van der Waals surface area (Å²) in [6.45, 7) is 8.62. The summed E-state index contributed by atoms with van der Waals surface area (Å²) < 4.78 is 18.4. The third-order valence-corrected chi connectivity index (χ3v) is 4.95. The molecule has 1 aromatic carbocycles. The summed E-state index contributed by atoms with van der Waals surface area (Å²) in [5.41, 5.74) is 8.58. The zero-order chi connectivity index (χ0) is 18.7. The van der Waals surface area contributed by atoms with Crippen LogP contribution in [-0.2, 0) is 4.74 Å². The van der Waals surface area contributed by atoms with Gasteiger partial charge < -0.3 is 20.7 Å². The third-order valence-electron chi connectivity index (χ3n) is 4.95. The second-order valence-electron chi connectivity index (χ2n) is 6.85. The van der Waals surface area contributed by atoms with Crippen LogP contribution in [0.1, 0.15) is 12.5 Å². The van der Waals surface area contributed by atoms with Crippen molar-refractivity contribution < 1.29 is 13.9 Å². The number of urea groups is 1. The van der Waals surface area contributed by atoms with E-state index in [0.717, 1.165) is 24.4 Å². The average molecular weight is 357 g/mol. The lowest BCUT2D eigenvalue weighted by atomic mass is 10.0. The highest BCUT2D eigenvalue weighted by Crippen LogP contribution is 2.29. The van der Waals surface area contributed by atoms with E-state index < -0.39 is 0 Å². The van der Waals surface area contributed by atoms with Gasteiger partial charge in [-0.1, -0.05) is 24.8 Å². The van der Waals surface area contributed by atoms with Gasteiger partial charge >= 0.3 is 6.03 Å². The number of nitrogens with zero attached hydrogens (tertiary/aromatic N) is 1. The molecule has 2 aliphatic heterocycles. The monoisotopic (exact) mass is 357 g/mol. The van der Waals surface area contributed by atoms with Crippen LogP contribution in [0, 0.1) is 17.7 Å². The molecule has 0 bridgehead atoms. The maximum Gasteiger partial charge on any atom is 0.321 e. The first kappa shape index (κ1) is 18.2. The van der Waals surface area contributed by atoms with E-state index in [-0.39, 0.29) is 11.8 Å². The number of nitrogens with one attached hydrogen (secondary N) is 1. The van der Waals surface area contributed by atoms with Crippen LogP contribution in [0.15, 0.2) is 54.4 Å². The smallest absolute Gasteiger partial charge is 0.321 e. The van der Waals surface area contributed by atoms with E-state index in [9.17, 15) is 9.18 Å². The van der Waals surface area contributed by atoms with Crippen molar-refractivity contribution in [3.8, 4) is 0 Å². The number of benzene rings is 1. The molecule has 6 heteroatoms. The molecule has 2 fully saturated rings. The van der Waals surface area contributed by atoms with E-state index in [1.807, 2.05) is 13.0 Å². The predicted molar refractivity (Wildman–Crippen MR) is 99.4 cm³/mol. The van der Waals surface area contributed by atoms with Gasteiger partial charge in [0.2, 0.25) is 0 Å². The van der Waals surface area contributed by atoms with Crippen LogP contribution in [0.3, 0.4) is 0 Å². The molecule has 0 saturated carbocycles. The average Bonchev–Trinajstić information content (AvgIpc) is 3.21. The highest BCUT2D eigenvalue weighted by molar-refractivity contribution is 5.77. The number of ether oxygens (including phenoxy) is 1. The first-order chi connectivity index (χ1) is 12.4. The van der Waals surface area contributed by atoms with E-state index in [0.29, 0.717) is 36.3 Å². The highest BCUT2D eigenvalue weighted by Gasteiger charge is 2.39. The Hall–Kier alpha value is -2.60. The first-order valence-electron chi connectivity index (χ1n) is 8.67. The number of hydrogen-bond acceptors (Lipinski definition) is 3. The number of halogens is 1. The third kappa shape index (κ3) is 4.14. The van der Waals surface area contributed by atoms with Crippen LogP contribution in [0.2, 0.25) is 0 Å². The molecule has 2 atom stereocenters. The Morgan fingerprint density at radius 1 is 1.27 bits per heavy atom. The Morgan fingerprint density at radius 2 is 1.88 bits per heavy atom. The molecule has 138 valence electrons. The molecule has 26 heavy (non-hydrogen) atoms. The maximum atomic E-state index is 13.0. The van der Waals surface area contributed by atoms with Gasteiger partial charge in [-0.05, 0) is 36.3 Å². The van der Waals surface area contributed by atoms with Crippen molar-refractivity contribution in [2.75, 3.05) is 26.3 Å². The fourth-order valence-electron chi connectivity index (χ4n) is 3.26. The molecule has 0 aliphatic carbocycles. The van der Waals surface area contributed by atoms with Crippen molar-refractivity contribution in [3.63, 3.8) is 0 Å². The minimum absolute atomic E-state index is 0.181. The molecule has 2 aliphatic rings. The Morgan fingerprint density at radius 3 is 2.50 bits per heavy atom. The molecular weight excluding hydrogens is 333 g/mol. The molecule has 0 spiro atoms. The number of amides is 2. The van der Waals surface area contributed by atoms with Gasteiger partial charge in [0.05, 0.1) is 24.6 Å². The SMILES string of the molecule is C=C(NC(=O)N1CC2COCC2C1)/C(N)=C\C=C(/C)c1ccc(F)cc1. The molecule has 2 unspecified atom stereocenters. The number of carbonyl (C=O) groups is 1. The number of carbonyl (C=O) groups excluding carboxylic acids is 1. The summed E-state index contributed by atoms with van der Waals surface area (Å²) in [6.07, 6.45) is 3.51. The van der Waals surface area contributed by atoms with Gasteiger partial charge in [0.1, 0.15) is 5.82 Å². The van der Waals surface area contributed by atoms with Gasteiger partial charge in [-0.2, -0.15) is 0 Å². The lowest BCUT2D eigenvalue weighted by Gasteiger charge is -2.19. The van der Waals surface area contributed by atoms with Crippen LogP contribution < -0.4 is 11.1 Å². The van der Waals surface area contributed by atoms with E-state index >= 15 is 0 Å². The van der Waals surface area contributed by atoms with Gasteiger partial charge in [-0.25, -0.2) is 9.18 Å². The van der Waals surface area contributed by atoms with Gasteiger partial charge in [-0.3, -0.25) is 0 Å². The van der Waals surface area contributed by atoms with Crippen LogP contribution in [0.5, 0.6) is 0 Å². The summed E-state index contributed by atoms with van der Waals surface area (Å²) in [4.78, 5) is 14.1. The van der Waals surface area contributed by atoms with Gasteiger partial charge in [0, 0.05) is 24.9 Å². The number of hydrogen-bond donors (Lipinski definition) is 2. The van der Waals surface area contributed by atoms with Crippen molar-refractivity contribution in [2.24, 2.45) is 17.6 Å². The molecule has 2 amide bonds. The minimum Gasteiger partial charge on any atom is -0.397 e. The second kappa shape index (κ2) is 7.74. The lowest BCUT2D eigenvalue weighted by molar-refractivity contribution is 0.155. The van der Waals surface area contributed by atoms with Crippen LogP contribution in [0.4, 0.5) is 9.18 Å². The summed E-state index contributed by atoms with van der Waals surface area (Å²) in [5.74, 6) is 0.594. The van der Waals surface area contributed by atoms with Crippen LogP contribution >= 0.6 is 0 Å². The van der Waals surface area contributed by atoms with Crippen LogP contribution in [0.25, 0.3) is 5.57 Å². The first-order valence-corrected chi connectivity index (χ1v) is 8.67. The number of allylic oxidation sites excluding steroid dienone is 3. The van der Waals surface area contributed by atoms with Crippen molar-refractivity contribution in [1.82, 2.24) is 10.2 Å².